The van der Waals surface area contributed by atoms with Crippen LogP contribution in [0.1, 0.15) is 39.5 Å². The van der Waals surface area contributed by atoms with Crippen molar-refractivity contribution in [2.45, 2.75) is 45.6 Å². The van der Waals surface area contributed by atoms with Gasteiger partial charge in [-0.05, 0) is 39.3 Å². The lowest BCUT2D eigenvalue weighted by Gasteiger charge is -2.24. The molecule has 0 aromatic heterocycles. The third-order valence-electron chi connectivity index (χ3n) is 2.70. The van der Waals surface area contributed by atoms with E-state index in [1.807, 2.05) is 6.92 Å². The lowest BCUT2D eigenvalue weighted by Crippen LogP contribution is -2.40. The maximum absolute atomic E-state index is 11.7. The van der Waals surface area contributed by atoms with Crippen molar-refractivity contribution in [3.63, 3.8) is 0 Å². The fraction of sp³-hybridized carbons (Fsp3) is 0.909. The number of hydrogen-bond donors (Lipinski definition) is 0. The molecule has 1 saturated heterocycles. The van der Waals surface area contributed by atoms with Crippen molar-refractivity contribution in [2.75, 3.05) is 19.7 Å². The first-order valence-corrected chi connectivity index (χ1v) is 5.70. The number of likely N-dealkylation sites (tertiary alicyclic amines) is 1. The second-order valence-corrected chi connectivity index (χ2v) is 3.80. The standard InChI is InChI=1S/C11H21NO2/c1-3-7-10(11(13)14-4-2)12-8-5-6-9-12/h10H,3-9H2,1-2H3. The van der Waals surface area contributed by atoms with E-state index < -0.39 is 0 Å². The zero-order chi connectivity index (χ0) is 10.4. The Hall–Kier alpha value is -0.570. The lowest BCUT2D eigenvalue weighted by molar-refractivity contribution is -0.149. The Morgan fingerprint density at radius 3 is 2.50 bits per heavy atom. The number of hydrogen-bond acceptors (Lipinski definition) is 3. The van der Waals surface area contributed by atoms with E-state index in [-0.39, 0.29) is 12.0 Å². The summed E-state index contributed by atoms with van der Waals surface area (Å²) in [6.45, 7) is 6.59. The Kier molecular flexibility index (Phi) is 4.94. The van der Waals surface area contributed by atoms with Gasteiger partial charge in [0, 0.05) is 0 Å². The van der Waals surface area contributed by atoms with Crippen molar-refractivity contribution in [1.29, 1.82) is 0 Å². The van der Waals surface area contributed by atoms with E-state index in [1.54, 1.807) is 0 Å². The summed E-state index contributed by atoms with van der Waals surface area (Å²) < 4.78 is 5.09. The van der Waals surface area contributed by atoms with Crippen LogP contribution in [0.15, 0.2) is 0 Å². The van der Waals surface area contributed by atoms with Gasteiger partial charge in [0.05, 0.1) is 6.61 Å². The van der Waals surface area contributed by atoms with Gasteiger partial charge in [0.15, 0.2) is 0 Å². The fourth-order valence-corrected chi connectivity index (χ4v) is 2.01. The molecule has 0 saturated carbocycles. The van der Waals surface area contributed by atoms with E-state index in [9.17, 15) is 4.79 Å². The molecule has 0 aromatic carbocycles. The van der Waals surface area contributed by atoms with E-state index in [0.29, 0.717) is 6.61 Å². The zero-order valence-corrected chi connectivity index (χ0v) is 9.29. The molecule has 0 N–H and O–H groups in total. The summed E-state index contributed by atoms with van der Waals surface area (Å²) in [4.78, 5) is 13.9. The molecule has 0 radical (unpaired) electrons. The molecule has 1 heterocycles. The number of carbonyl (C=O) groups is 1. The number of nitrogens with zero attached hydrogens (tertiary/aromatic N) is 1. The second kappa shape index (κ2) is 6.02. The van der Waals surface area contributed by atoms with Gasteiger partial charge in [0.2, 0.25) is 0 Å². The Bertz CT molecular complexity index is 176. The number of rotatable bonds is 5. The first-order valence-electron chi connectivity index (χ1n) is 5.70. The van der Waals surface area contributed by atoms with E-state index in [0.717, 1.165) is 25.9 Å². The fourth-order valence-electron chi connectivity index (χ4n) is 2.01. The molecule has 0 spiro atoms. The topological polar surface area (TPSA) is 29.5 Å². The van der Waals surface area contributed by atoms with Gasteiger partial charge >= 0.3 is 5.97 Å². The van der Waals surface area contributed by atoms with Crippen molar-refractivity contribution in [1.82, 2.24) is 4.90 Å². The number of esters is 1. The molecule has 14 heavy (non-hydrogen) atoms. The minimum absolute atomic E-state index is 0.0162. The Morgan fingerprint density at radius 1 is 1.36 bits per heavy atom. The van der Waals surface area contributed by atoms with Gasteiger partial charge in [-0.1, -0.05) is 13.3 Å². The molecule has 1 unspecified atom stereocenters. The molecule has 0 aromatic rings. The molecule has 3 heteroatoms. The van der Waals surface area contributed by atoms with Crippen LogP contribution in [0.4, 0.5) is 0 Å². The molecule has 1 aliphatic heterocycles. The minimum Gasteiger partial charge on any atom is -0.465 e. The third kappa shape index (κ3) is 2.98. The summed E-state index contributed by atoms with van der Waals surface area (Å²) in [5, 5.41) is 0. The molecule has 1 fully saturated rings. The maximum Gasteiger partial charge on any atom is 0.323 e. The third-order valence-corrected chi connectivity index (χ3v) is 2.70. The molecule has 1 rings (SSSR count). The molecular weight excluding hydrogens is 178 g/mol. The van der Waals surface area contributed by atoms with E-state index in [4.69, 9.17) is 4.74 Å². The predicted octanol–water partition coefficient (Wildman–Crippen LogP) is 1.81. The van der Waals surface area contributed by atoms with Crippen molar-refractivity contribution in [2.24, 2.45) is 0 Å². The van der Waals surface area contributed by atoms with Gasteiger partial charge in [-0.25, -0.2) is 0 Å². The largest absolute Gasteiger partial charge is 0.465 e. The van der Waals surface area contributed by atoms with E-state index in [2.05, 4.69) is 11.8 Å². The summed E-state index contributed by atoms with van der Waals surface area (Å²) in [6, 6.07) is 0.0162. The van der Waals surface area contributed by atoms with Crippen molar-refractivity contribution in [3.8, 4) is 0 Å². The maximum atomic E-state index is 11.7. The second-order valence-electron chi connectivity index (χ2n) is 3.80. The van der Waals surface area contributed by atoms with Gasteiger partial charge in [0.25, 0.3) is 0 Å². The van der Waals surface area contributed by atoms with E-state index in [1.165, 1.54) is 12.8 Å². The number of carbonyl (C=O) groups excluding carboxylic acids is 1. The first-order chi connectivity index (χ1) is 6.79. The van der Waals surface area contributed by atoms with Crippen molar-refractivity contribution in [3.05, 3.63) is 0 Å². The molecule has 0 bridgehead atoms. The van der Waals surface area contributed by atoms with Crippen LogP contribution in [0.5, 0.6) is 0 Å². The smallest absolute Gasteiger partial charge is 0.323 e. The highest BCUT2D eigenvalue weighted by molar-refractivity contribution is 5.75. The molecule has 0 aliphatic carbocycles. The summed E-state index contributed by atoms with van der Waals surface area (Å²) in [6.07, 6.45) is 4.41. The van der Waals surface area contributed by atoms with Gasteiger partial charge in [-0.2, -0.15) is 0 Å². The van der Waals surface area contributed by atoms with Crippen LogP contribution < -0.4 is 0 Å². The van der Waals surface area contributed by atoms with Gasteiger partial charge in [-0.15, -0.1) is 0 Å². The monoisotopic (exact) mass is 199 g/mol. The van der Waals surface area contributed by atoms with Crippen molar-refractivity contribution < 1.29 is 9.53 Å². The molecule has 3 nitrogen and oxygen atoms in total. The highest BCUT2D eigenvalue weighted by Gasteiger charge is 2.28. The number of ether oxygens (including phenoxy) is 1. The predicted molar refractivity (Wildman–Crippen MR) is 56.1 cm³/mol. The van der Waals surface area contributed by atoms with Crippen LogP contribution in [-0.2, 0) is 9.53 Å². The molecule has 0 amide bonds. The van der Waals surface area contributed by atoms with Crippen LogP contribution in [0.3, 0.4) is 0 Å². The van der Waals surface area contributed by atoms with Crippen LogP contribution in [-0.4, -0.2) is 36.6 Å². The van der Waals surface area contributed by atoms with Crippen LogP contribution in [0.25, 0.3) is 0 Å². The van der Waals surface area contributed by atoms with Crippen LogP contribution in [0.2, 0.25) is 0 Å². The highest BCUT2D eigenvalue weighted by Crippen LogP contribution is 2.16. The Balaban J connectivity index is 2.48. The quantitative estimate of drug-likeness (QED) is 0.632. The van der Waals surface area contributed by atoms with Crippen LogP contribution >= 0.6 is 0 Å². The zero-order valence-electron chi connectivity index (χ0n) is 9.29. The Labute approximate surface area is 86.4 Å². The average molecular weight is 199 g/mol. The SMILES string of the molecule is CCCC(C(=O)OCC)N1CCCC1. The van der Waals surface area contributed by atoms with Crippen molar-refractivity contribution >= 4 is 5.97 Å². The van der Waals surface area contributed by atoms with Crippen LogP contribution in [0, 0.1) is 0 Å². The minimum atomic E-state index is -0.0312. The van der Waals surface area contributed by atoms with E-state index >= 15 is 0 Å². The molecule has 1 aliphatic rings. The summed E-state index contributed by atoms with van der Waals surface area (Å²) >= 11 is 0. The average Bonchev–Trinajstić information content (AvgIpc) is 2.67. The molecular formula is C11H21NO2. The summed E-state index contributed by atoms with van der Waals surface area (Å²) in [7, 11) is 0. The lowest BCUT2D eigenvalue weighted by atomic mass is 10.1. The van der Waals surface area contributed by atoms with Gasteiger partial charge in [0.1, 0.15) is 6.04 Å². The molecule has 1 atom stereocenters. The summed E-state index contributed by atoms with van der Waals surface area (Å²) in [5.41, 5.74) is 0. The first kappa shape index (κ1) is 11.5. The van der Waals surface area contributed by atoms with Gasteiger partial charge < -0.3 is 4.74 Å². The molecule has 82 valence electrons. The Morgan fingerprint density at radius 2 is 2.00 bits per heavy atom. The van der Waals surface area contributed by atoms with Gasteiger partial charge in [-0.3, -0.25) is 9.69 Å². The highest BCUT2D eigenvalue weighted by atomic mass is 16.5. The normalized spacial score (nSPS) is 19.6. The summed E-state index contributed by atoms with van der Waals surface area (Å²) in [5.74, 6) is -0.0312.